The summed E-state index contributed by atoms with van der Waals surface area (Å²) in [5.74, 6) is 0.827. The van der Waals surface area contributed by atoms with Crippen molar-refractivity contribution in [3.8, 4) is 5.75 Å². The van der Waals surface area contributed by atoms with Crippen LogP contribution in [0.5, 0.6) is 5.75 Å². The largest absolute Gasteiger partial charge is 0.489 e. The first-order chi connectivity index (χ1) is 12.4. The molecule has 0 bridgehead atoms. The minimum Gasteiger partial charge on any atom is -0.489 e. The van der Waals surface area contributed by atoms with Gasteiger partial charge in [0.25, 0.3) is 0 Å². The van der Waals surface area contributed by atoms with E-state index in [4.69, 9.17) is 16.3 Å². The van der Waals surface area contributed by atoms with Crippen LogP contribution in [0.1, 0.15) is 13.8 Å². The summed E-state index contributed by atoms with van der Waals surface area (Å²) in [6.07, 6.45) is 0.0839. The molecule has 0 atom stereocenters. The Morgan fingerprint density at radius 3 is 2.35 bits per heavy atom. The van der Waals surface area contributed by atoms with Crippen LogP contribution in [0.3, 0.4) is 0 Å². The highest BCUT2D eigenvalue weighted by Gasteiger charge is 2.29. The van der Waals surface area contributed by atoms with Gasteiger partial charge in [-0.05, 0) is 44.2 Å². The highest BCUT2D eigenvalue weighted by atomic mass is 35.5. The third-order valence-electron chi connectivity index (χ3n) is 4.24. The van der Waals surface area contributed by atoms with Gasteiger partial charge in [0.05, 0.1) is 16.7 Å². The fraction of sp³-hybridized carbons (Fsp3) is 0.368. The second kappa shape index (κ2) is 7.86. The van der Waals surface area contributed by atoms with Gasteiger partial charge in [-0.3, -0.25) is 0 Å². The Hall–Kier alpha value is -1.76. The van der Waals surface area contributed by atoms with Gasteiger partial charge in [-0.2, -0.15) is 4.31 Å². The average Bonchev–Trinajstić information content (AvgIpc) is 2.62. The molecule has 3 rings (SSSR count). The number of rotatable bonds is 5. The standard InChI is InChI=1S/C19H23ClN2O3S/c1-15(2)25-19-9-4-3-8-18(19)21-10-12-22(13-11-21)26(23,24)17-7-5-6-16(20)14-17/h3-9,14-15H,10-13H2,1-2H3. The summed E-state index contributed by atoms with van der Waals surface area (Å²) in [5.41, 5.74) is 1.00. The minimum absolute atomic E-state index is 0.0839. The van der Waals surface area contributed by atoms with Gasteiger partial charge in [-0.15, -0.1) is 0 Å². The fourth-order valence-electron chi connectivity index (χ4n) is 3.02. The smallest absolute Gasteiger partial charge is 0.243 e. The number of benzene rings is 2. The van der Waals surface area contributed by atoms with Crippen molar-refractivity contribution in [1.82, 2.24) is 4.31 Å². The number of hydrogen-bond acceptors (Lipinski definition) is 4. The lowest BCUT2D eigenvalue weighted by atomic mass is 10.2. The Kier molecular flexibility index (Phi) is 5.75. The van der Waals surface area contributed by atoms with Crippen LogP contribution < -0.4 is 9.64 Å². The first kappa shape index (κ1) is 19.0. The molecule has 2 aromatic rings. The first-order valence-electron chi connectivity index (χ1n) is 8.64. The van der Waals surface area contributed by atoms with Crippen molar-refractivity contribution in [3.63, 3.8) is 0 Å². The predicted molar refractivity (Wildman–Crippen MR) is 105 cm³/mol. The summed E-state index contributed by atoms with van der Waals surface area (Å²) in [7, 11) is -3.53. The topological polar surface area (TPSA) is 49.9 Å². The fourth-order valence-corrected chi connectivity index (χ4v) is 4.74. The Labute approximate surface area is 160 Å². The van der Waals surface area contributed by atoms with E-state index >= 15 is 0 Å². The van der Waals surface area contributed by atoms with Crippen LogP contribution in [0.4, 0.5) is 5.69 Å². The zero-order chi connectivity index (χ0) is 18.7. The molecule has 2 aromatic carbocycles. The molecule has 140 valence electrons. The van der Waals surface area contributed by atoms with Gasteiger partial charge < -0.3 is 9.64 Å². The van der Waals surface area contributed by atoms with E-state index in [0.29, 0.717) is 31.2 Å². The number of sulfonamides is 1. The summed E-state index contributed by atoms with van der Waals surface area (Å²) >= 11 is 5.95. The normalized spacial score (nSPS) is 16.1. The highest BCUT2D eigenvalue weighted by molar-refractivity contribution is 7.89. The number of hydrogen-bond donors (Lipinski definition) is 0. The molecular weight excluding hydrogens is 372 g/mol. The van der Waals surface area contributed by atoms with E-state index in [2.05, 4.69) is 4.90 Å². The van der Waals surface area contributed by atoms with Crippen molar-refractivity contribution >= 4 is 27.3 Å². The van der Waals surface area contributed by atoms with Crippen LogP contribution in [0.25, 0.3) is 0 Å². The minimum atomic E-state index is -3.53. The summed E-state index contributed by atoms with van der Waals surface area (Å²) in [6, 6.07) is 14.3. The van der Waals surface area contributed by atoms with Crippen LogP contribution >= 0.6 is 11.6 Å². The van der Waals surface area contributed by atoms with Crippen molar-refractivity contribution in [2.45, 2.75) is 24.8 Å². The van der Waals surface area contributed by atoms with Crippen LogP contribution in [-0.4, -0.2) is 45.0 Å². The lowest BCUT2D eigenvalue weighted by molar-refractivity contribution is 0.242. The molecule has 1 aliphatic heterocycles. The predicted octanol–water partition coefficient (Wildman–Crippen LogP) is 3.64. The molecule has 1 fully saturated rings. The monoisotopic (exact) mass is 394 g/mol. The number of ether oxygens (including phenoxy) is 1. The van der Waals surface area contributed by atoms with Gasteiger partial charge in [0, 0.05) is 31.2 Å². The number of halogens is 1. The SMILES string of the molecule is CC(C)Oc1ccccc1N1CCN(S(=O)(=O)c2cccc(Cl)c2)CC1. The van der Waals surface area contributed by atoms with Crippen molar-refractivity contribution in [2.24, 2.45) is 0 Å². The van der Waals surface area contributed by atoms with Gasteiger partial charge in [0.2, 0.25) is 10.0 Å². The molecule has 0 saturated carbocycles. The molecule has 0 amide bonds. The third-order valence-corrected chi connectivity index (χ3v) is 6.37. The third kappa shape index (κ3) is 4.14. The van der Waals surface area contributed by atoms with Gasteiger partial charge in [-0.25, -0.2) is 8.42 Å². The first-order valence-corrected chi connectivity index (χ1v) is 10.5. The Morgan fingerprint density at radius 2 is 1.69 bits per heavy atom. The number of piperazine rings is 1. The van der Waals surface area contributed by atoms with E-state index in [0.717, 1.165) is 11.4 Å². The molecular formula is C19H23ClN2O3S. The maximum atomic E-state index is 12.8. The molecule has 26 heavy (non-hydrogen) atoms. The Morgan fingerprint density at radius 1 is 1.00 bits per heavy atom. The molecule has 0 radical (unpaired) electrons. The summed E-state index contributed by atoms with van der Waals surface area (Å²) in [4.78, 5) is 2.41. The zero-order valence-corrected chi connectivity index (χ0v) is 16.5. The summed E-state index contributed by atoms with van der Waals surface area (Å²) < 4.78 is 33.0. The van der Waals surface area contributed by atoms with E-state index < -0.39 is 10.0 Å². The average molecular weight is 395 g/mol. The van der Waals surface area contributed by atoms with E-state index in [1.807, 2.05) is 38.1 Å². The zero-order valence-electron chi connectivity index (χ0n) is 14.9. The molecule has 0 N–H and O–H groups in total. The van der Waals surface area contributed by atoms with E-state index in [1.54, 1.807) is 18.2 Å². The van der Waals surface area contributed by atoms with Crippen molar-refractivity contribution in [1.29, 1.82) is 0 Å². The van der Waals surface area contributed by atoms with E-state index in [-0.39, 0.29) is 11.0 Å². The Balaban J connectivity index is 1.74. The lowest BCUT2D eigenvalue weighted by Crippen LogP contribution is -2.48. The van der Waals surface area contributed by atoms with Crippen LogP contribution in [0, 0.1) is 0 Å². The Bertz CT molecular complexity index is 863. The quantitative estimate of drug-likeness (QED) is 0.776. The molecule has 1 aliphatic rings. The second-order valence-electron chi connectivity index (χ2n) is 6.48. The van der Waals surface area contributed by atoms with Crippen molar-refractivity contribution in [2.75, 3.05) is 31.1 Å². The molecule has 0 aromatic heterocycles. The summed E-state index contributed by atoms with van der Waals surface area (Å²) in [5, 5.41) is 0.421. The molecule has 5 nitrogen and oxygen atoms in total. The van der Waals surface area contributed by atoms with E-state index in [9.17, 15) is 8.42 Å². The lowest BCUT2D eigenvalue weighted by Gasteiger charge is -2.36. The van der Waals surface area contributed by atoms with Gasteiger partial charge >= 0.3 is 0 Å². The van der Waals surface area contributed by atoms with Crippen LogP contribution in [-0.2, 0) is 10.0 Å². The van der Waals surface area contributed by atoms with Gasteiger partial charge in [0.1, 0.15) is 5.75 Å². The van der Waals surface area contributed by atoms with Crippen LogP contribution in [0.15, 0.2) is 53.4 Å². The molecule has 1 saturated heterocycles. The number of para-hydroxylation sites is 2. The van der Waals surface area contributed by atoms with Crippen molar-refractivity contribution < 1.29 is 13.2 Å². The van der Waals surface area contributed by atoms with Crippen molar-refractivity contribution in [3.05, 3.63) is 53.6 Å². The molecule has 0 spiro atoms. The molecule has 1 heterocycles. The maximum Gasteiger partial charge on any atom is 0.243 e. The molecule has 0 unspecified atom stereocenters. The molecule has 7 heteroatoms. The number of nitrogens with zero attached hydrogens (tertiary/aromatic N) is 2. The molecule has 0 aliphatic carbocycles. The van der Waals surface area contributed by atoms with Crippen LogP contribution in [0.2, 0.25) is 5.02 Å². The summed E-state index contributed by atoms with van der Waals surface area (Å²) in [6.45, 7) is 6.05. The highest BCUT2D eigenvalue weighted by Crippen LogP contribution is 2.30. The maximum absolute atomic E-state index is 12.8. The van der Waals surface area contributed by atoms with Gasteiger partial charge in [0.15, 0.2) is 0 Å². The van der Waals surface area contributed by atoms with E-state index in [1.165, 1.54) is 10.4 Å². The van der Waals surface area contributed by atoms with Gasteiger partial charge in [-0.1, -0.05) is 29.8 Å². The number of anilines is 1. The second-order valence-corrected chi connectivity index (χ2v) is 8.86.